The number of unbranched alkanes of at least 4 members (excludes halogenated alkanes) is 10. The summed E-state index contributed by atoms with van der Waals surface area (Å²) in [5.41, 5.74) is 0. The second kappa shape index (κ2) is 15.4. The highest BCUT2D eigenvalue weighted by Crippen LogP contribution is 2.11. The van der Waals surface area contributed by atoms with Crippen molar-refractivity contribution in [3.8, 4) is 0 Å². The van der Waals surface area contributed by atoms with Gasteiger partial charge in [-0.1, -0.05) is 76.2 Å². The molecule has 0 spiro atoms. The normalized spacial score (nSPS) is 11.1. The number of hydrogen-bond donors (Lipinski definition) is 1. The summed E-state index contributed by atoms with van der Waals surface area (Å²) >= 11 is 0. The Morgan fingerprint density at radius 1 is 0.706 bits per heavy atom. The van der Waals surface area contributed by atoms with Crippen LogP contribution in [0.4, 0.5) is 0 Å². The second-order valence-corrected chi connectivity index (χ2v) is 4.71. The van der Waals surface area contributed by atoms with Crippen LogP contribution in [0.1, 0.15) is 70.6 Å². The van der Waals surface area contributed by atoms with Gasteiger partial charge in [-0.15, -0.1) is 0 Å². The molecular weight excluding hydrogens is 208 g/mol. The van der Waals surface area contributed by atoms with Crippen LogP contribution in [0.3, 0.4) is 0 Å². The summed E-state index contributed by atoms with van der Waals surface area (Å²) in [5, 5.41) is 8.63. The van der Waals surface area contributed by atoms with Crippen molar-refractivity contribution in [3.63, 3.8) is 0 Å². The van der Waals surface area contributed by atoms with Crippen LogP contribution in [0.2, 0.25) is 0 Å². The Bertz CT molecular complexity index is 172. The fourth-order valence-corrected chi connectivity index (χ4v) is 1.98. The molecule has 0 amide bonds. The zero-order chi connectivity index (χ0) is 12.6. The summed E-state index contributed by atoms with van der Waals surface area (Å²) in [6.07, 6.45) is 20.4. The Balaban J connectivity index is 2.93. The van der Waals surface area contributed by atoms with E-state index in [0.717, 1.165) is 6.42 Å². The monoisotopic (exact) mass is 238 g/mol. The first-order chi connectivity index (χ1) is 8.41. The van der Waals surface area contributed by atoms with Crippen LogP contribution < -0.4 is 0 Å². The van der Waals surface area contributed by atoms with E-state index in [4.69, 9.17) is 5.11 Å². The van der Waals surface area contributed by atoms with Gasteiger partial charge in [0.2, 0.25) is 0 Å². The first-order valence-corrected chi connectivity index (χ1v) is 7.30. The van der Waals surface area contributed by atoms with Gasteiger partial charge >= 0.3 is 0 Å². The van der Waals surface area contributed by atoms with Gasteiger partial charge in [-0.05, 0) is 19.3 Å². The maximum atomic E-state index is 8.63. The smallest absolute Gasteiger partial charge is 0.0431 e. The molecular formula is C16H30O. The summed E-state index contributed by atoms with van der Waals surface area (Å²) in [6.45, 7) is 4.02. The van der Waals surface area contributed by atoms with E-state index >= 15 is 0 Å². The predicted molar refractivity (Wildman–Crippen MR) is 77.2 cm³/mol. The molecule has 0 rings (SSSR count). The van der Waals surface area contributed by atoms with Crippen molar-refractivity contribution in [2.75, 3.05) is 6.61 Å². The molecule has 0 unspecified atom stereocenters. The van der Waals surface area contributed by atoms with Crippen LogP contribution in [-0.4, -0.2) is 11.7 Å². The van der Waals surface area contributed by atoms with Gasteiger partial charge in [0.05, 0.1) is 0 Å². The average Bonchev–Trinajstić information content (AvgIpc) is 2.35. The van der Waals surface area contributed by atoms with Gasteiger partial charge in [0, 0.05) is 6.61 Å². The Morgan fingerprint density at radius 3 is 1.65 bits per heavy atom. The molecule has 0 saturated carbocycles. The van der Waals surface area contributed by atoms with Gasteiger partial charge in [0.25, 0.3) is 0 Å². The fourth-order valence-electron chi connectivity index (χ4n) is 1.98. The van der Waals surface area contributed by atoms with Crippen LogP contribution in [0.15, 0.2) is 24.8 Å². The maximum Gasteiger partial charge on any atom is 0.0431 e. The molecule has 0 aliphatic heterocycles. The molecule has 0 saturated heterocycles. The van der Waals surface area contributed by atoms with E-state index in [1.807, 2.05) is 12.2 Å². The van der Waals surface area contributed by atoms with Crippen LogP contribution >= 0.6 is 0 Å². The lowest BCUT2D eigenvalue weighted by Gasteiger charge is -2.01. The van der Waals surface area contributed by atoms with Crippen LogP contribution in [-0.2, 0) is 0 Å². The number of rotatable bonds is 13. The third-order valence-corrected chi connectivity index (χ3v) is 3.05. The van der Waals surface area contributed by atoms with Crippen molar-refractivity contribution in [1.82, 2.24) is 0 Å². The molecule has 17 heavy (non-hydrogen) atoms. The van der Waals surface area contributed by atoms with Crippen LogP contribution in [0.25, 0.3) is 0 Å². The Hall–Kier alpha value is -0.560. The molecule has 1 heteroatoms. The standard InChI is InChI=1S/C16H30O/c1-2-3-4-5-6-7-8-9-10-11-12-13-14-15-16-17/h2-4,17H,1,5-16H2. The maximum absolute atomic E-state index is 8.63. The molecule has 0 aliphatic carbocycles. The molecule has 0 bridgehead atoms. The summed E-state index contributed by atoms with van der Waals surface area (Å²) in [4.78, 5) is 0. The predicted octanol–water partition coefficient (Wildman–Crippen LogP) is 5.01. The third-order valence-electron chi connectivity index (χ3n) is 3.05. The molecule has 0 aromatic carbocycles. The van der Waals surface area contributed by atoms with E-state index in [1.54, 1.807) is 0 Å². The van der Waals surface area contributed by atoms with E-state index in [0.29, 0.717) is 6.61 Å². The van der Waals surface area contributed by atoms with Crippen molar-refractivity contribution >= 4 is 0 Å². The van der Waals surface area contributed by atoms with Gasteiger partial charge in [-0.25, -0.2) is 0 Å². The minimum atomic E-state index is 0.361. The average molecular weight is 238 g/mol. The molecule has 1 N–H and O–H groups in total. The van der Waals surface area contributed by atoms with E-state index in [2.05, 4.69) is 12.7 Å². The molecule has 100 valence electrons. The highest BCUT2D eigenvalue weighted by Gasteiger charge is 1.92. The largest absolute Gasteiger partial charge is 0.396 e. The topological polar surface area (TPSA) is 20.2 Å². The molecule has 0 heterocycles. The molecule has 0 fully saturated rings. The van der Waals surface area contributed by atoms with E-state index in [9.17, 15) is 0 Å². The molecule has 0 atom stereocenters. The highest BCUT2D eigenvalue weighted by molar-refractivity contribution is 4.96. The van der Waals surface area contributed by atoms with E-state index < -0.39 is 0 Å². The summed E-state index contributed by atoms with van der Waals surface area (Å²) in [7, 11) is 0. The third kappa shape index (κ3) is 15.4. The van der Waals surface area contributed by atoms with Crippen LogP contribution in [0.5, 0.6) is 0 Å². The first-order valence-electron chi connectivity index (χ1n) is 7.30. The molecule has 0 aromatic rings. The lowest BCUT2D eigenvalue weighted by molar-refractivity contribution is 0.282. The van der Waals surface area contributed by atoms with Gasteiger partial charge in [-0.2, -0.15) is 0 Å². The van der Waals surface area contributed by atoms with Crippen molar-refractivity contribution in [2.24, 2.45) is 0 Å². The summed E-state index contributed by atoms with van der Waals surface area (Å²) < 4.78 is 0. The van der Waals surface area contributed by atoms with Gasteiger partial charge in [-0.3, -0.25) is 0 Å². The Morgan fingerprint density at radius 2 is 1.18 bits per heavy atom. The molecule has 0 radical (unpaired) electrons. The van der Waals surface area contributed by atoms with E-state index in [1.165, 1.54) is 64.2 Å². The van der Waals surface area contributed by atoms with Gasteiger partial charge < -0.3 is 5.11 Å². The van der Waals surface area contributed by atoms with Crippen molar-refractivity contribution in [2.45, 2.75) is 70.6 Å². The molecule has 0 aromatic heterocycles. The zero-order valence-corrected chi connectivity index (χ0v) is 11.4. The SMILES string of the molecule is C=CC=CCCCCCCCCCCCCO. The second-order valence-electron chi connectivity index (χ2n) is 4.71. The number of aliphatic hydroxyl groups is 1. The zero-order valence-electron chi connectivity index (χ0n) is 11.4. The minimum absolute atomic E-state index is 0.361. The Kier molecular flexibility index (Phi) is 14.9. The summed E-state index contributed by atoms with van der Waals surface area (Å²) in [6, 6.07) is 0. The number of aliphatic hydroxyl groups excluding tert-OH is 1. The number of hydrogen-bond acceptors (Lipinski definition) is 1. The van der Waals surface area contributed by atoms with Gasteiger partial charge in [0.15, 0.2) is 0 Å². The summed E-state index contributed by atoms with van der Waals surface area (Å²) in [5.74, 6) is 0. The molecule has 1 nitrogen and oxygen atoms in total. The van der Waals surface area contributed by atoms with Crippen molar-refractivity contribution < 1.29 is 5.11 Å². The van der Waals surface area contributed by atoms with Crippen LogP contribution in [0, 0.1) is 0 Å². The van der Waals surface area contributed by atoms with Gasteiger partial charge in [0.1, 0.15) is 0 Å². The first kappa shape index (κ1) is 16.4. The lowest BCUT2D eigenvalue weighted by Crippen LogP contribution is -1.84. The van der Waals surface area contributed by atoms with Crippen molar-refractivity contribution in [3.05, 3.63) is 24.8 Å². The fraction of sp³-hybridized carbons (Fsp3) is 0.750. The van der Waals surface area contributed by atoms with Crippen molar-refractivity contribution in [1.29, 1.82) is 0 Å². The Labute approximate surface area is 108 Å². The number of allylic oxidation sites excluding steroid dienone is 3. The van der Waals surface area contributed by atoms with E-state index in [-0.39, 0.29) is 0 Å². The lowest BCUT2D eigenvalue weighted by atomic mass is 10.1. The molecule has 0 aliphatic rings. The highest BCUT2D eigenvalue weighted by atomic mass is 16.2. The minimum Gasteiger partial charge on any atom is -0.396 e. The quantitative estimate of drug-likeness (QED) is 0.353.